The van der Waals surface area contributed by atoms with Gasteiger partial charge in [0.15, 0.2) is 0 Å². The predicted molar refractivity (Wildman–Crippen MR) is 120 cm³/mol. The Labute approximate surface area is 189 Å². The molecule has 2 aromatic carbocycles. The Bertz CT molecular complexity index is 1200. The maximum Gasteiger partial charge on any atom is 0.227 e. The van der Waals surface area contributed by atoms with Crippen molar-refractivity contribution in [1.29, 1.82) is 0 Å². The fraction of sp³-hybridized carbons (Fsp3) is 0.250. The van der Waals surface area contributed by atoms with Crippen LogP contribution in [-0.2, 0) is 11.3 Å². The van der Waals surface area contributed by atoms with Crippen LogP contribution in [-0.4, -0.2) is 53.7 Å². The number of nitrogens with zero attached hydrogens (tertiary/aromatic N) is 4. The molecule has 1 unspecified atom stereocenters. The number of aromatic nitrogens is 2. The van der Waals surface area contributed by atoms with Gasteiger partial charge in [-0.05, 0) is 29.8 Å². The first-order valence-corrected chi connectivity index (χ1v) is 10.6. The number of aliphatic imine (C=N–C) groups is 1. The van der Waals surface area contributed by atoms with Gasteiger partial charge in [-0.1, -0.05) is 12.1 Å². The summed E-state index contributed by atoms with van der Waals surface area (Å²) in [6.45, 7) is 2.61. The standard InChI is InChI=1S/C24H21F2N5O2/c25-20-9-16(10-21(26)19(20)13-31-4-6-33-7-5-31)18-11-27-22-12-28-24(30-23(18)22)29-17-3-1-2-15(8-17)14-32/h1-3,8-12,14,18H,4-7,13H2,(H,28,29,30). The molecule has 0 saturated carbocycles. The van der Waals surface area contributed by atoms with E-state index in [0.29, 0.717) is 60.4 Å². The molecule has 0 amide bonds. The largest absolute Gasteiger partial charge is 0.379 e. The van der Waals surface area contributed by atoms with Crippen LogP contribution in [0.25, 0.3) is 0 Å². The van der Waals surface area contributed by atoms with Crippen molar-refractivity contribution >= 4 is 29.8 Å². The molecule has 1 fully saturated rings. The third-order valence-corrected chi connectivity index (χ3v) is 5.74. The molecule has 1 N–H and O–H groups in total. The van der Waals surface area contributed by atoms with Crippen LogP contribution in [0.1, 0.15) is 33.1 Å². The normalized spacial score (nSPS) is 17.7. The third kappa shape index (κ3) is 4.50. The van der Waals surface area contributed by atoms with Gasteiger partial charge in [0.05, 0.1) is 31.0 Å². The summed E-state index contributed by atoms with van der Waals surface area (Å²) in [6.07, 6.45) is 3.93. The molecule has 0 radical (unpaired) electrons. The number of morpholine rings is 1. The van der Waals surface area contributed by atoms with Crippen LogP contribution in [0.4, 0.5) is 26.1 Å². The van der Waals surface area contributed by atoms with E-state index in [9.17, 15) is 13.6 Å². The molecule has 1 aromatic heterocycles. The number of ether oxygens (including phenoxy) is 1. The van der Waals surface area contributed by atoms with Gasteiger partial charge in [-0.2, -0.15) is 0 Å². The summed E-state index contributed by atoms with van der Waals surface area (Å²) in [5, 5.41) is 3.06. The fourth-order valence-corrected chi connectivity index (χ4v) is 4.00. The number of nitrogens with one attached hydrogen (secondary N) is 1. The van der Waals surface area contributed by atoms with Crippen molar-refractivity contribution in [3.63, 3.8) is 0 Å². The van der Waals surface area contributed by atoms with Crippen molar-refractivity contribution in [2.75, 3.05) is 31.6 Å². The van der Waals surface area contributed by atoms with E-state index in [4.69, 9.17) is 4.74 Å². The van der Waals surface area contributed by atoms with Crippen LogP contribution in [0.5, 0.6) is 0 Å². The minimum absolute atomic E-state index is 0.0518. The highest BCUT2D eigenvalue weighted by molar-refractivity contribution is 5.83. The highest BCUT2D eigenvalue weighted by atomic mass is 19.1. The second-order valence-corrected chi connectivity index (χ2v) is 7.94. The quantitative estimate of drug-likeness (QED) is 0.574. The summed E-state index contributed by atoms with van der Waals surface area (Å²) in [5.74, 6) is -1.36. The van der Waals surface area contributed by atoms with Crippen molar-refractivity contribution in [2.45, 2.75) is 12.5 Å². The summed E-state index contributed by atoms with van der Waals surface area (Å²) in [4.78, 5) is 26.1. The molecule has 33 heavy (non-hydrogen) atoms. The minimum atomic E-state index is -0.587. The molecule has 168 valence electrons. The lowest BCUT2D eigenvalue weighted by Gasteiger charge is -2.27. The van der Waals surface area contributed by atoms with Crippen molar-refractivity contribution in [2.24, 2.45) is 4.99 Å². The van der Waals surface area contributed by atoms with Gasteiger partial charge in [0.2, 0.25) is 5.95 Å². The van der Waals surface area contributed by atoms with E-state index in [1.54, 1.807) is 36.7 Å². The van der Waals surface area contributed by atoms with Gasteiger partial charge in [-0.3, -0.25) is 14.7 Å². The first kappa shape index (κ1) is 21.3. The number of carbonyl (C=O) groups excluding carboxylic acids is 1. The molecule has 5 rings (SSSR count). The van der Waals surface area contributed by atoms with Crippen molar-refractivity contribution in [3.05, 3.63) is 76.6 Å². The number of anilines is 2. The first-order valence-electron chi connectivity index (χ1n) is 10.6. The fourth-order valence-electron chi connectivity index (χ4n) is 4.00. The zero-order valence-corrected chi connectivity index (χ0v) is 17.7. The molecule has 0 aliphatic carbocycles. The monoisotopic (exact) mass is 449 g/mol. The number of rotatable bonds is 6. The third-order valence-electron chi connectivity index (χ3n) is 5.74. The molecule has 2 aliphatic rings. The Hall–Kier alpha value is -3.56. The SMILES string of the molecule is O=Cc1cccc(Nc2ncc3c(n2)C(c2cc(F)c(CN4CCOCC4)c(F)c2)C=N3)c1. The van der Waals surface area contributed by atoms with Gasteiger partial charge in [-0.25, -0.2) is 18.7 Å². The van der Waals surface area contributed by atoms with Gasteiger partial charge in [-0.15, -0.1) is 0 Å². The number of carbonyl (C=O) groups is 1. The van der Waals surface area contributed by atoms with Crippen LogP contribution in [0.3, 0.4) is 0 Å². The lowest BCUT2D eigenvalue weighted by molar-refractivity contribution is 0.0332. The lowest BCUT2D eigenvalue weighted by atomic mass is 9.95. The van der Waals surface area contributed by atoms with E-state index in [1.165, 1.54) is 12.1 Å². The first-order chi connectivity index (χ1) is 16.1. The molecule has 7 nitrogen and oxygen atoms in total. The zero-order valence-electron chi connectivity index (χ0n) is 17.7. The van der Waals surface area contributed by atoms with Crippen molar-refractivity contribution < 1.29 is 18.3 Å². The summed E-state index contributed by atoms with van der Waals surface area (Å²) in [5.41, 5.74) is 2.76. The molecule has 9 heteroatoms. The molecule has 0 bridgehead atoms. The topological polar surface area (TPSA) is 79.7 Å². The molecular formula is C24H21F2N5O2. The molecule has 0 spiro atoms. The Balaban J connectivity index is 1.39. The number of benzene rings is 2. The van der Waals surface area contributed by atoms with E-state index >= 15 is 0 Å². The van der Waals surface area contributed by atoms with Crippen molar-refractivity contribution in [3.8, 4) is 0 Å². The maximum atomic E-state index is 14.9. The Morgan fingerprint density at radius 1 is 1.15 bits per heavy atom. The summed E-state index contributed by atoms with van der Waals surface area (Å²) >= 11 is 0. The van der Waals surface area contributed by atoms with Crippen molar-refractivity contribution in [1.82, 2.24) is 14.9 Å². The van der Waals surface area contributed by atoms with Crippen LogP contribution in [0.2, 0.25) is 0 Å². The van der Waals surface area contributed by atoms with E-state index in [-0.39, 0.29) is 12.1 Å². The summed E-state index contributed by atoms with van der Waals surface area (Å²) in [6, 6.07) is 9.61. The molecule has 1 saturated heterocycles. The highest BCUT2D eigenvalue weighted by Gasteiger charge is 2.26. The number of halogens is 2. The number of hydrogen-bond acceptors (Lipinski definition) is 7. The van der Waals surface area contributed by atoms with Gasteiger partial charge in [0.1, 0.15) is 23.6 Å². The van der Waals surface area contributed by atoms with Gasteiger partial charge in [0.25, 0.3) is 0 Å². The average molecular weight is 449 g/mol. The van der Waals surface area contributed by atoms with Gasteiger partial charge >= 0.3 is 0 Å². The van der Waals surface area contributed by atoms with Gasteiger partial charge < -0.3 is 10.1 Å². The van der Waals surface area contributed by atoms with E-state index in [0.717, 1.165) is 6.29 Å². The highest BCUT2D eigenvalue weighted by Crippen LogP contribution is 2.36. The number of fused-ring (bicyclic) bond motifs is 1. The zero-order chi connectivity index (χ0) is 22.8. The van der Waals surface area contributed by atoms with Gasteiger partial charge in [0, 0.05) is 42.7 Å². The molecule has 2 aliphatic heterocycles. The minimum Gasteiger partial charge on any atom is -0.379 e. The van der Waals surface area contributed by atoms with Crippen LogP contribution >= 0.6 is 0 Å². The average Bonchev–Trinajstić information content (AvgIpc) is 3.25. The molecular weight excluding hydrogens is 428 g/mol. The van der Waals surface area contributed by atoms with E-state index < -0.39 is 17.6 Å². The van der Waals surface area contributed by atoms with Crippen LogP contribution in [0.15, 0.2) is 47.6 Å². The lowest BCUT2D eigenvalue weighted by Crippen LogP contribution is -2.36. The van der Waals surface area contributed by atoms with E-state index in [1.807, 2.05) is 4.90 Å². The van der Waals surface area contributed by atoms with Crippen LogP contribution < -0.4 is 5.32 Å². The Morgan fingerprint density at radius 3 is 2.70 bits per heavy atom. The van der Waals surface area contributed by atoms with E-state index in [2.05, 4.69) is 20.3 Å². The second kappa shape index (κ2) is 9.13. The predicted octanol–water partition coefficient (Wildman–Crippen LogP) is 3.99. The molecule has 3 aromatic rings. The molecule has 3 heterocycles. The van der Waals surface area contributed by atoms with Crippen LogP contribution in [0, 0.1) is 11.6 Å². The number of aldehydes is 1. The molecule has 1 atom stereocenters. The summed E-state index contributed by atoms with van der Waals surface area (Å²) < 4.78 is 35.1. The smallest absolute Gasteiger partial charge is 0.227 e. The maximum absolute atomic E-state index is 14.9. The Kier molecular flexibility index (Phi) is 5.89. The Morgan fingerprint density at radius 2 is 1.94 bits per heavy atom. The number of hydrogen-bond donors (Lipinski definition) is 1. The summed E-state index contributed by atoms with van der Waals surface area (Å²) in [7, 11) is 0. The second-order valence-electron chi connectivity index (χ2n) is 7.94.